The number of anilines is 1. The van der Waals surface area contributed by atoms with Gasteiger partial charge >= 0.3 is 0 Å². The van der Waals surface area contributed by atoms with Gasteiger partial charge in [0.1, 0.15) is 11.6 Å². The molecule has 0 bridgehead atoms. The third-order valence-corrected chi connectivity index (χ3v) is 4.91. The van der Waals surface area contributed by atoms with Gasteiger partial charge in [0.05, 0.1) is 18.5 Å². The van der Waals surface area contributed by atoms with E-state index in [1.165, 1.54) is 19.3 Å². The molecular weight excluding hydrogens is 402 g/mol. The van der Waals surface area contributed by atoms with Crippen molar-refractivity contribution in [3.63, 3.8) is 0 Å². The molecule has 2 aromatic carbocycles. The maximum absolute atomic E-state index is 12.3. The minimum absolute atomic E-state index is 0.0350. The highest BCUT2D eigenvalue weighted by Crippen LogP contribution is 2.19. The summed E-state index contributed by atoms with van der Waals surface area (Å²) in [6.45, 7) is 3.44. The molecule has 0 aliphatic heterocycles. The van der Waals surface area contributed by atoms with Crippen molar-refractivity contribution >= 4 is 12.2 Å². The Morgan fingerprint density at radius 2 is 1.91 bits per heavy atom. The number of H-pyrrole nitrogens is 1. The molecule has 0 saturated carbocycles. The molecule has 7 heteroatoms. The van der Waals surface area contributed by atoms with Gasteiger partial charge in [-0.1, -0.05) is 80.8 Å². The van der Waals surface area contributed by atoms with Gasteiger partial charge in [0.15, 0.2) is 0 Å². The summed E-state index contributed by atoms with van der Waals surface area (Å²) in [6, 6.07) is 18.9. The van der Waals surface area contributed by atoms with Crippen LogP contribution in [0, 0.1) is 11.3 Å². The second-order valence-corrected chi connectivity index (χ2v) is 7.30. The molecule has 3 rings (SSSR count). The molecule has 2 N–H and O–H groups in total. The molecule has 32 heavy (non-hydrogen) atoms. The molecule has 1 aromatic heterocycles. The lowest BCUT2D eigenvalue weighted by molar-refractivity contribution is 0.116. The van der Waals surface area contributed by atoms with Gasteiger partial charge in [-0.25, -0.2) is 10.4 Å². The Kier molecular flexibility index (Phi) is 8.72. The van der Waals surface area contributed by atoms with Gasteiger partial charge in [-0.2, -0.15) is 10.4 Å². The van der Waals surface area contributed by atoms with Crippen LogP contribution >= 0.6 is 0 Å². The van der Waals surface area contributed by atoms with Gasteiger partial charge in [0, 0.05) is 17.7 Å². The fourth-order valence-electron chi connectivity index (χ4n) is 3.20. The monoisotopic (exact) mass is 429 g/mol. The van der Waals surface area contributed by atoms with Crippen LogP contribution in [0.2, 0.25) is 0 Å². The lowest BCUT2D eigenvalue weighted by Crippen LogP contribution is -2.16. The molecular formula is C25H27N5O2. The van der Waals surface area contributed by atoms with Gasteiger partial charge in [0.2, 0.25) is 5.95 Å². The van der Waals surface area contributed by atoms with E-state index in [0.29, 0.717) is 17.9 Å². The summed E-state index contributed by atoms with van der Waals surface area (Å²) < 4.78 is 5.80. The first-order chi connectivity index (χ1) is 15.7. The summed E-state index contributed by atoms with van der Waals surface area (Å²) in [7, 11) is 0. The van der Waals surface area contributed by atoms with Crippen molar-refractivity contribution in [3.05, 3.63) is 81.6 Å². The standard InChI is InChI=1S/C25H27N5O2/c1-2-3-4-10-15-32-18-21-14-9-8-13-20(21)17-27-30-25-28-23(19-11-6-5-7-12-19)22(16-26)24(31)29-25/h5-9,11-14,17H,2-4,10,15,18H2,1H3,(H2,28,29,30,31). The van der Waals surface area contributed by atoms with E-state index in [2.05, 4.69) is 27.4 Å². The van der Waals surface area contributed by atoms with E-state index < -0.39 is 5.56 Å². The van der Waals surface area contributed by atoms with E-state index >= 15 is 0 Å². The van der Waals surface area contributed by atoms with Crippen molar-refractivity contribution in [2.45, 2.75) is 39.2 Å². The lowest BCUT2D eigenvalue weighted by Gasteiger charge is -2.08. The van der Waals surface area contributed by atoms with Crippen molar-refractivity contribution < 1.29 is 4.74 Å². The van der Waals surface area contributed by atoms with E-state index in [9.17, 15) is 10.1 Å². The van der Waals surface area contributed by atoms with Crippen LogP contribution in [-0.2, 0) is 11.3 Å². The molecule has 0 unspecified atom stereocenters. The van der Waals surface area contributed by atoms with Gasteiger partial charge < -0.3 is 4.74 Å². The predicted molar refractivity (Wildman–Crippen MR) is 126 cm³/mol. The molecule has 164 valence electrons. The predicted octanol–water partition coefficient (Wildman–Crippen LogP) is 4.85. The van der Waals surface area contributed by atoms with Crippen LogP contribution in [-0.4, -0.2) is 22.8 Å². The number of nitriles is 1. The highest BCUT2D eigenvalue weighted by Gasteiger charge is 2.12. The number of aromatic nitrogens is 2. The van der Waals surface area contributed by atoms with E-state index in [-0.39, 0.29) is 11.5 Å². The average molecular weight is 430 g/mol. The Bertz CT molecular complexity index is 1130. The minimum Gasteiger partial charge on any atom is -0.377 e. The molecule has 0 aliphatic carbocycles. The summed E-state index contributed by atoms with van der Waals surface area (Å²) in [6.07, 6.45) is 6.35. The van der Waals surface area contributed by atoms with Crippen LogP contribution < -0.4 is 11.0 Å². The van der Waals surface area contributed by atoms with E-state index in [1.807, 2.05) is 48.5 Å². The second-order valence-electron chi connectivity index (χ2n) is 7.30. The average Bonchev–Trinajstić information content (AvgIpc) is 2.82. The van der Waals surface area contributed by atoms with Crippen molar-refractivity contribution in [1.82, 2.24) is 9.97 Å². The number of aromatic amines is 1. The fraction of sp³-hybridized carbons (Fsp3) is 0.280. The first-order valence-corrected chi connectivity index (χ1v) is 10.8. The number of unbranched alkanes of at least 4 members (excludes halogenated alkanes) is 3. The Balaban J connectivity index is 1.70. The van der Waals surface area contributed by atoms with Crippen LogP contribution in [0.25, 0.3) is 11.3 Å². The Hall–Kier alpha value is -3.76. The second kappa shape index (κ2) is 12.2. The van der Waals surface area contributed by atoms with Gasteiger partial charge in [0.25, 0.3) is 5.56 Å². The van der Waals surface area contributed by atoms with Crippen LogP contribution in [0.4, 0.5) is 5.95 Å². The number of rotatable bonds is 11. The molecule has 0 amide bonds. The summed E-state index contributed by atoms with van der Waals surface area (Å²) >= 11 is 0. The number of ether oxygens (including phenoxy) is 1. The molecule has 0 spiro atoms. The largest absolute Gasteiger partial charge is 0.377 e. The molecule has 3 aromatic rings. The SMILES string of the molecule is CCCCCCOCc1ccccc1C=NNc1nc(-c2ccccc2)c(C#N)c(=O)[nH]1. The van der Waals surface area contributed by atoms with Crippen molar-refractivity contribution in [2.24, 2.45) is 5.10 Å². The maximum Gasteiger partial charge on any atom is 0.270 e. The van der Waals surface area contributed by atoms with Crippen molar-refractivity contribution in [1.29, 1.82) is 5.26 Å². The Morgan fingerprint density at radius 1 is 1.12 bits per heavy atom. The topological polar surface area (TPSA) is 103 Å². The third-order valence-electron chi connectivity index (χ3n) is 4.91. The first-order valence-electron chi connectivity index (χ1n) is 10.8. The summed E-state index contributed by atoms with van der Waals surface area (Å²) in [4.78, 5) is 19.3. The van der Waals surface area contributed by atoms with Gasteiger partial charge in [-0.05, 0) is 12.0 Å². The third kappa shape index (κ3) is 6.37. The molecule has 0 saturated heterocycles. The maximum atomic E-state index is 12.3. The molecule has 0 radical (unpaired) electrons. The molecule has 0 aliphatic rings. The molecule has 0 fully saturated rings. The first kappa shape index (κ1) is 22.9. The normalized spacial score (nSPS) is 10.9. The van der Waals surface area contributed by atoms with E-state index in [0.717, 1.165) is 24.2 Å². The minimum atomic E-state index is -0.518. The number of benzene rings is 2. The van der Waals surface area contributed by atoms with Gasteiger partial charge in [-0.15, -0.1) is 0 Å². The highest BCUT2D eigenvalue weighted by molar-refractivity contribution is 5.82. The number of hydrogen-bond donors (Lipinski definition) is 2. The van der Waals surface area contributed by atoms with Crippen LogP contribution in [0.3, 0.4) is 0 Å². The highest BCUT2D eigenvalue weighted by atomic mass is 16.5. The molecule has 7 nitrogen and oxygen atoms in total. The molecule has 0 atom stereocenters. The van der Waals surface area contributed by atoms with Crippen LogP contribution in [0.5, 0.6) is 0 Å². The van der Waals surface area contributed by atoms with Crippen molar-refractivity contribution in [3.8, 4) is 17.3 Å². The van der Waals surface area contributed by atoms with Crippen molar-refractivity contribution in [2.75, 3.05) is 12.0 Å². The number of nitrogens with zero attached hydrogens (tertiary/aromatic N) is 3. The molecule has 1 heterocycles. The fourth-order valence-corrected chi connectivity index (χ4v) is 3.20. The zero-order valence-electron chi connectivity index (χ0n) is 18.2. The number of hydrogen-bond acceptors (Lipinski definition) is 6. The Labute approximate surface area is 187 Å². The Morgan fingerprint density at radius 3 is 2.69 bits per heavy atom. The summed E-state index contributed by atoms with van der Waals surface area (Å²) in [5.74, 6) is 0.161. The quantitative estimate of drug-likeness (QED) is 0.258. The van der Waals surface area contributed by atoms with Crippen LogP contribution in [0.1, 0.15) is 49.3 Å². The lowest BCUT2D eigenvalue weighted by atomic mass is 10.1. The van der Waals surface area contributed by atoms with Gasteiger partial charge in [-0.3, -0.25) is 9.78 Å². The van der Waals surface area contributed by atoms with Crippen LogP contribution in [0.15, 0.2) is 64.5 Å². The zero-order valence-corrected chi connectivity index (χ0v) is 18.2. The summed E-state index contributed by atoms with van der Waals surface area (Å²) in [5, 5.41) is 13.6. The zero-order chi connectivity index (χ0) is 22.6. The summed E-state index contributed by atoms with van der Waals surface area (Å²) in [5.41, 5.74) is 5.15. The number of nitrogens with one attached hydrogen (secondary N) is 2. The smallest absolute Gasteiger partial charge is 0.270 e. The number of hydrazone groups is 1. The van der Waals surface area contributed by atoms with E-state index in [4.69, 9.17) is 4.74 Å². The van der Waals surface area contributed by atoms with E-state index in [1.54, 1.807) is 18.3 Å².